The molecule has 3 rings (SSSR count). The Morgan fingerprint density at radius 1 is 1.48 bits per heavy atom. The van der Waals surface area contributed by atoms with Crippen molar-refractivity contribution >= 4 is 17.2 Å². The Labute approximate surface area is 125 Å². The van der Waals surface area contributed by atoms with E-state index in [1.54, 1.807) is 4.90 Å². The summed E-state index contributed by atoms with van der Waals surface area (Å²) in [5.41, 5.74) is 1.09. The first kappa shape index (κ1) is 13.9. The van der Waals surface area contributed by atoms with Gasteiger partial charge in [0.2, 0.25) is 0 Å². The van der Waals surface area contributed by atoms with E-state index in [1.165, 1.54) is 11.3 Å². The van der Waals surface area contributed by atoms with Gasteiger partial charge < -0.3 is 9.64 Å². The second-order valence-electron chi connectivity index (χ2n) is 4.95. The van der Waals surface area contributed by atoms with Crippen LogP contribution in [0.1, 0.15) is 21.7 Å². The average molecular weight is 307 g/mol. The number of nitrogens with zero attached hydrogens (tertiary/aromatic N) is 3. The molecule has 0 bridgehead atoms. The molecule has 0 aromatic carbocycles. The molecular weight excluding hydrogens is 293 g/mol. The molecule has 1 amide bonds. The predicted molar refractivity (Wildman–Crippen MR) is 76.0 cm³/mol. The highest BCUT2D eigenvalue weighted by molar-refractivity contribution is 7.12. The van der Waals surface area contributed by atoms with Gasteiger partial charge in [0.1, 0.15) is 6.10 Å². The number of hydrogen-bond donors (Lipinski definition) is 0. The van der Waals surface area contributed by atoms with Gasteiger partial charge in [0.15, 0.2) is 5.82 Å². The lowest BCUT2D eigenvalue weighted by molar-refractivity contribution is 0.0774. The Balaban J connectivity index is 1.60. The maximum Gasteiger partial charge on any atom is 0.316 e. The Morgan fingerprint density at radius 2 is 2.24 bits per heavy atom. The minimum absolute atomic E-state index is 0.0271. The second-order valence-corrected chi connectivity index (χ2v) is 5.86. The molecule has 0 radical (unpaired) electrons. The molecule has 7 heteroatoms. The van der Waals surface area contributed by atoms with Gasteiger partial charge in [-0.25, -0.2) is 14.4 Å². The lowest BCUT2D eigenvalue weighted by atomic mass is 10.3. The summed E-state index contributed by atoms with van der Waals surface area (Å²) in [7, 11) is 0. The standard InChI is InChI=1S/C14H14FN3O2S/c1-9-4-12(21-8-9)13(19)18-3-2-11(7-18)20-14-16-5-10(15)6-17-14/h4-6,8,11H,2-3,7H2,1H3/t11-/m1/s1. The van der Waals surface area contributed by atoms with E-state index in [-0.39, 0.29) is 18.0 Å². The summed E-state index contributed by atoms with van der Waals surface area (Å²) in [5.74, 6) is -0.474. The molecule has 110 valence electrons. The third-order valence-electron chi connectivity index (χ3n) is 3.24. The van der Waals surface area contributed by atoms with Gasteiger partial charge in [0, 0.05) is 13.0 Å². The van der Waals surface area contributed by atoms with Crippen molar-refractivity contribution in [1.29, 1.82) is 0 Å². The molecule has 1 saturated heterocycles. The molecule has 0 saturated carbocycles. The van der Waals surface area contributed by atoms with Crippen molar-refractivity contribution in [3.8, 4) is 6.01 Å². The zero-order valence-electron chi connectivity index (χ0n) is 11.5. The number of hydrogen-bond acceptors (Lipinski definition) is 5. The zero-order chi connectivity index (χ0) is 14.8. The molecule has 1 aliphatic rings. The van der Waals surface area contributed by atoms with Gasteiger partial charge in [-0.15, -0.1) is 11.3 Å². The summed E-state index contributed by atoms with van der Waals surface area (Å²) in [5, 5.41) is 1.96. The Kier molecular flexibility index (Phi) is 3.83. The van der Waals surface area contributed by atoms with E-state index in [0.29, 0.717) is 13.1 Å². The number of aromatic nitrogens is 2. The molecule has 5 nitrogen and oxygen atoms in total. The van der Waals surface area contributed by atoms with Crippen LogP contribution in [0.15, 0.2) is 23.8 Å². The van der Waals surface area contributed by atoms with E-state index in [1.807, 2.05) is 18.4 Å². The van der Waals surface area contributed by atoms with Crippen molar-refractivity contribution in [2.24, 2.45) is 0 Å². The van der Waals surface area contributed by atoms with Crippen LogP contribution < -0.4 is 4.74 Å². The van der Waals surface area contributed by atoms with Crippen LogP contribution in [-0.4, -0.2) is 40.0 Å². The minimum Gasteiger partial charge on any atom is -0.458 e. The SMILES string of the molecule is Cc1csc(C(=O)N2CC[C@@H](Oc3ncc(F)cn3)C2)c1. The third-order valence-corrected chi connectivity index (χ3v) is 4.28. The third kappa shape index (κ3) is 3.18. The minimum atomic E-state index is -0.501. The summed E-state index contributed by atoms with van der Waals surface area (Å²) in [4.78, 5) is 22.3. The molecule has 3 heterocycles. The van der Waals surface area contributed by atoms with E-state index in [4.69, 9.17) is 4.74 Å². The van der Waals surface area contributed by atoms with Crippen LogP contribution >= 0.6 is 11.3 Å². The zero-order valence-corrected chi connectivity index (χ0v) is 12.3. The maximum absolute atomic E-state index is 12.7. The van der Waals surface area contributed by atoms with Crippen LogP contribution in [0.4, 0.5) is 4.39 Å². The van der Waals surface area contributed by atoms with Gasteiger partial charge in [-0.1, -0.05) is 0 Å². The fourth-order valence-corrected chi connectivity index (χ4v) is 3.08. The highest BCUT2D eigenvalue weighted by atomic mass is 32.1. The van der Waals surface area contributed by atoms with E-state index >= 15 is 0 Å². The molecule has 2 aromatic heterocycles. The highest BCUT2D eigenvalue weighted by Gasteiger charge is 2.29. The predicted octanol–water partition coefficient (Wildman–Crippen LogP) is 2.28. The maximum atomic E-state index is 12.7. The van der Waals surface area contributed by atoms with E-state index < -0.39 is 5.82 Å². The van der Waals surface area contributed by atoms with Crippen molar-refractivity contribution in [2.45, 2.75) is 19.4 Å². The smallest absolute Gasteiger partial charge is 0.316 e. The number of thiophene rings is 1. The lowest BCUT2D eigenvalue weighted by Gasteiger charge is -2.15. The Bertz CT molecular complexity index is 644. The fourth-order valence-electron chi connectivity index (χ4n) is 2.22. The largest absolute Gasteiger partial charge is 0.458 e. The fraction of sp³-hybridized carbons (Fsp3) is 0.357. The van der Waals surface area contributed by atoms with Crippen LogP contribution in [0.5, 0.6) is 6.01 Å². The highest BCUT2D eigenvalue weighted by Crippen LogP contribution is 2.21. The first-order valence-corrected chi connectivity index (χ1v) is 7.48. The number of aryl methyl sites for hydroxylation is 1. The molecule has 0 spiro atoms. The number of amides is 1. The molecule has 0 N–H and O–H groups in total. The van der Waals surface area contributed by atoms with Gasteiger partial charge in [0.25, 0.3) is 5.91 Å². The number of likely N-dealkylation sites (tertiary alicyclic amines) is 1. The molecule has 1 atom stereocenters. The van der Waals surface area contributed by atoms with Gasteiger partial charge in [-0.2, -0.15) is 0 Å². The monoisotopic (exact) mass is 307 g/mol. The topological polar surface area (TPSA) is 55.3 Å². The Hall–Kier alpha value is -2.02. The summed E-state index contributed by atoms with van der Waals surface area (Å²) >= 11 is 1.45. The molecule has 1 aliphatic heterocycles. The quantitative estimate of drug-likeness (QED) is 0.873. The van der Waals surface area contributed by atoms with Gasteiger partial charge in [-0.05, 0) is 23.9 Å². The summed E-state index contributed by atoms with van der Waals surface area (Å²) < 4.78 is 18.3. The molecule has 2 aromatic rings. The summed E-state index contributed by atoms with van der Waals surface area (Å²) in [6, 6.07) is 2.03. The van der Waals surface area contributed by atoms with E-state index in [0.717, 1.165) is 29.3 Å². The van der Waals surface area contributed by atoms with Crippen LogP contribution in [0.2, 0.25) is 0 Å². The van der Waals surface area contributed by atoms with Crippen molar-refractivity contribution in [2.75, 3.05) is 13.1 Å². The number of ether oxygens (including phenoxy) is 1. The van der Waals surface area contributed by atoms with Crippen LogP contribution in [-0.2, 0) is 0 Å². The van der Waals surface area contributed by atoms with Gasteiger partial charge in [-0.3, -0.25) is 4.79 Å². The Morgan fingerprint density at radius 3 is 2.90 bits per heavy atom. The second kappa shape index (κ2) is 5.77. The number of carbonyl (C=O) groups excluding carboxylic acids is 1. The van der Waals surface area contributed by atoms with Crippen LogP contribution in [0, 0.1) is 12.7 Å². The van der Waals surface area contributed by atoms with E-state index in [9.17, 15) is 9.18 Å². The molecule has 1 fully saturated rings. The van der Waals surface area contributed by atoms with Gasteiger partial charge in [0.05, 0.1) is 23.8 Å². The summed E-state index contributed by atoms with van der Waals surface area (Å²) in [6.07, 6.45) is 2.69. The molecular formula is C14H14FN3O2S. The number of rotatable bonds is 3. The number of halogens is 1. The summed E-state index contributed by atoms with van der Waals surface area (Å²) in [6.45, 7) is 3.10. The first-order chi connectivity index (χ1) is 10.1. The van der Waals surface area contributed by atoms with Gasteiger partial charge >= 0.3 is 6.01 Å². The van der Waals surface area contributed by atoms with Crippen molar-refractivity contribution in [3.05, 3.63) is 40.1 Å². The van der Waals surface area contributed by atoms with E-state index in [2.05, 4.69) is 9.97 Å². The molecule has 21 heavy (non-hydrogen) atoms. The molecule has 0 unspecified atom stereocenters. The van der Waals surface area contributed by atoms with Crippen molar-refractivity contribution in [3.63, 3.8) is 0 Å². The normalized spacial score (nSPS) is 18.0. The van der Waals surface area contributed by atoms with Crippen LogP contribution in [0.3, 0.4) is 0 Å². The van der Waals surface area contributed by atoms with Crippen LogP contribution in [0.25, 0.3) is 0 Å². The van der Waals surface area contributed by atoms with Crippen molar-refractivity contribution in [1.82, 2.24) is 14.9 Å². The average Bonchev–Trinajstić information content (AvgIpc) is 3.10. The van der Waals surface area contributed by atoms with Crippen molar-refractivity contribution < 1.29 is 13.9 Å². The number of carbonyl (C=O) groups is 1. The first-order valence-electron chi connectivity index (χ1n) is 6.60. The lowest BCUT2D eigenvalue weighted by Crippen LogP contribution is -2.30. The molecule has 0 aliphatic carbocycles.